The Bertz CT molecular complexity index is 539. The van der Waals surface area contributed by atoms with Crippen molar-refractivity contribution < 1.29 is 9.53 Å². The Balaban J connectivity index is 2.48. The molecule has 0 spiro atoms. The third-order valence-electron chi connectivity index (χ3n) is 2.11. The van der Waals surface area contributed by atoms with E-state index in [2.05, 4.69) is 4.98 Å². The van der Waals surface area contributed by atoms with Gasteiger partial charge >= 0.3 is 0 Å². The molecule has 0 radical (unpaired) electrons. The summed E-state index contributed by atoms with van der Waals surface area (Å²) < 4.78 is 5.51. The number of aldehydes is 1. The summed E-state index contributed by atoms with van der Waals surface area (Å²) in [5.41, 5.74) is 0.817. The van der Waals surface area contributed by atoms with E-state index >= 15 is 0 Å². The van der Waals surface area contributed by atoms with E-state index in [0.29, 0.717) is 16.5 Å². The van der Waals surface area contributed by atoms with Crippen molar-refractivity contribution in [2.75, 3.05) is 6.61 Å². The zero-order valence-corrected chi connectivity index (χ0v) is 10.7. The summed E-state index contributed by atoms with van der Waals surface area (Å²) in [5.74, 6) is 0.726. The minimum Gasteiger partial charge on any atom is -0.493 e. The summed E-state index contributed by atoms with van der Waals surface area (Å²) in [6.07, 6.45) is 2.33. The molecule has 0 unspecified atom stereocenters. The summed E-state index contributed by atoms with van der Waals surface area (Å²) in [6, 6.07) is 5.37. The molecule has 0 aliphatic heterocycles. The number of nitrogens with zero attached hydrogens (tertiary/aromatic N) is 1. The van der Waals surface area contributed by atoms with Gasteiger partial charge in [-0.3, -0.25) is 4.79 Å². The lowest BCUT2D eigenvalue weighted by Crippen LogP contribution is -1.93. The van der Waals surface area contributed by atoms with Gasteiger partial charge in [0, 0.05) is 11.2 Å². The standard InChI is InChI=1S/C12H10ClNO2S/c1-2-16-11-4-3-8(13)5-10(11)12-14-6-9(7-15)17-12/h3-7H,2H2,1H3. The van der Waals surface area contributed by atoms with Crippen LogP contribution in [0.2, 0.25) is 5.02 Å². The van der Waals surface area contributed by atoms with Crippen molar-refractivity contribution in [2.45, 2.75) is 6.92 Å². The van der Waals surface area contributed by atoms with Crippen LogP contribution < -0.4 is 4.74 Å². The number of ether oxygens (including phenoxy) is 1. The summed E-state index contributed by atoms with van der Waals surface area (Å²) >= 11 is 7.28. The Kier molecular flexibility index (Phi) is 3.76. The highest BCUT2D eigenvalue weighted by Crippen LogP contribution is 2.34. The number of aromatic nitrogens is 1. The van der Waals surface area contributed by atoms with Crippen LogP contribution in [0.1, 0.15) is 16.6 Å². The normalized spacial score (nSPS) is 10.2. The van der Waals surface area contributed by atoms with Crippen LogP contribution in [-0.2, 0) is 0 Å². The van der Waals surface area contributed by atoms with Crippen LogP contribution >= 0.6 is 22.9 Å². The first-order valence-electron chi connectivity index (χ1n) is 5.08. The van der Waals surface area contributed by atoms with Gasteiger partial charge in [-0.25, -0.2) is 4.98 Å². The Hall–Kier alpha value is -1.39. The molecule has 88 valence electrons. The van der Waals surface area contributed by atoms with Crippen molar-refractivity contribution in [3.63, 3.8) is 0 Å². The molecule has 0 N–H and O–H groups in total. The van der Waals surface area contributed by atoms with Gasteiger partial charge in [0.2, 0.25) is 0 Å². The SMILES string of the molecule is CCOc1ccc(Cl)cc1-c1ncc(C=O)s1. The topological polar surface area (TPSA) is 39.2 Å². The van der Waals surface area contributed by atoms with E-state index in [-0.39, 0.29) is 0 Å². The van der Waals surface area contributed by atoms with Crippen LogP contribution in [0.15, 0.2) is 24.4 Å². The second-order valence-corrected chi connectivity index (χ2v) is 4.76. The monoisotopic (exact) mass is 267 g/mol. The van der Waals surface area contributed by atoms with Gasteiger partial charge in [-0.2, -0.15) is 0 Å². The predicted octanol–water partition coefficient (Wildman–Crippen LogP) is 3.67. The van der Waals surface area contributed by atoms with Gasteiger partial charge in [0.25, 0.3) is 0 Å². The number of hydrogen-bond acceptors (Lipinski definition) is 4. The zero-order chi connectivity index (χ0) is 12.3. The van der Waals surface area contributed by atoms with Gasteiger partial charge in [0.15, 0.2) is 6.29 Å². The van der Waals surface area contributed by atoms with Crippen LogP contribution in [0.3, 0.4) is 0 Å². The summed E-state index contributed by atoms with van der Waals surface area (Å²) in [6.45, 7) is 2.48. The molecule has 1 aromatic heterocycles. The lowest BCUT2D eigenvalue weighted by molar-refractivity contribution is 0.112. The molecule has 0 fully saturated rings. The molecule has 0 amide bonds. The average molecular weight is 268 g/mol. The number of rotatable bonds is 4. The highest BCUT2D eigenvalue weighted by Gasteiger charge is 2.11. The van der Waals surface area contributed by atoms with E-state index in [9.17, 15) is 4.79 Å². The first-order chi connectivity index (χ1) is 8.24. The molecule has 0 aliphatic carbocycles. The minimum absolute atomic E-state index is 0.570. The van der Waals surface area contributed by atoms with Crippen molar-refractivity contribution in [3.8, 4) is 16.3 Å². The number of thiazole rings is 1. The highest BCUT2D eigenvalue weighted by atomic mass is 35.5. The highest BCUT2D eigenvalue weighted by molar-refractivity contribution is 7.16. The van der Waals surface area contributed by atoms with E-state index in [0.717, 1.165) is 22.6 Å². The molecule has 0 atom stereocenters. The third-order valence-corrected chi connectivity index (χ3v) is 3.30. The largest absolute Gasteiger partial charge is 0.493 e. The first kappa shape index (κ1) is 12.1. The number of hydrogen-bond donors (Lipinski definition) is 0. The Morgan fingerprint density at radius 1 is 1.53 bits per heavy atom. The van der Waals surface area contributed by atoms with Gasteiger partial charge in [0.05, 0.1) is 17.0 Å². The second kappa shape index (κ2) is 5.29. The summed E-state index contributed by atoms with van der Waals surface area (Å²) in [5, 5.41) is 1.35. The van der Waals surface area contributed by atoms with E-state index < -0.39 is 0 Å². The van der Waals surface area contributed by atoms with Crippen molar-refractivity contribution in [3.05, 3.63) is 34.3 Å². The molecule has 2 rings (SSSR count). The molecule has 0 aliphatic rings. The van der Waals surface area contributed by atoms with Crippen LogP contribution in [0.4, 0.5) is 0 Å². The van der Waals surface area contributed by atoms with Gasteiger partial charge in [-0.15, -0.1) is 11.3 Å². The molecule has 1 heterocycles. The average Bonchev–Trinajstić information content (AvgIpc) is 2.80. The van der Waals surface area contributed by atoms with Crippen molar-refractivity contribution in [1.29, 1.82) is 0 Å². The maximum absolute atomic E-state index is 10.6. The van der Waals surface area contributed by atoms with E-state index in [1.165, 1.54) is 11.3 Å². The molecule has 1 aromatic carbocycles. The van der Waals surface area contributed by atoms with Crippen LogP contribution in [0.25, 0.3) is 10.6 Å². The zero-order valence-electron chi connectivity index (χ0n) is 9.14. The Labute approximate surface area is 108 Å². The molecule has 2 aromatic rings. The summed E-state index contributed by atoms with van der Waals surface area (Å²) in [7, 11) is 0. The fourth-order valence-corrected chi connectivity index (χ4v) is 2.34. The molecular weight excluding hydrogens is 258 g/mol. The lowest BCUT2D eigenvalue weighted by Gasteiger charge is -2.08. The van der Waals surface area contributed by atoms with Gasteiger partial charge < -0.3 is 4.74 Å². The van der Waals surface area contributed by atoms with Crippen molar-refractivity contribution in [2.24, 2.45) is 0 Å². The number of benzene rings is 1. The Morgan fingerprint density at radius 2 is 2.35 bits per heavy atom. The number of carbonyl (C=O) groups is 1. The molecule has 0 saturated heterocycles. The van der Waals surface area contributed by atoms with Crippen molar-refractivity contribution >= 4 is 29.2 Å². The fraction of sp³-hybridized carbons (Fsp3) is 0.167. The molecule has 17 heavy (non-hydrogen) atoms. The molecule has 3 nitrogen and oxygen atoms in total. The van der Waals surface area contributed by atoms with Gasteiger partial charge in [-0.1, -0.05) is 11.6 Å². The van der Waals surface area contributed by atoms with E-state index in [4.69, 9.17) is 16.3 Å². The van der Waals surface area contributed by atoms with Crippen LogP contribution in [0, 0.1) is 0 Å². The fourth-order valence-electron chi connectivity index (χ4n) is 1.42. The lowest BCUT2D eigenvalue weighted by atomic mass is 10.2. The Morgan fingerprint density at radius 3 is 3.00 bits per heavy atom. The maximum Gasteiger partial charge on any atom is 0.161 e. The third kappa shape index (κ3) is 2.65. The maximum atomic E-state index is 10.6. The molecule has 0 bridgehead atoms. The molecule has 5 heteroatoms. The molecule has 0 saturated carbocycles. The smallest absolute Gasteiger partial charge is 0.161 e. The summed E-state index contributed by atoms with van der Waals surface area (Å²) in [4.78, 5) is 15.4. The van der Waals surface area contributed by atoms with E-state index in [1.54, 1.807) is 18.3 Å². The van der Waals surface area contributed by atoms with E-state index in [1.807, 2.05) is 13.0 Å². The second-order valence-electron chi connectivity index (χ2n) is 3.26. The number of halogens is 1. The van der Waals surface area contributed by atoms with Crippen molar-refractivity contribution in [1.82, 2.24) is 4.98 Å². The molecular formula is C12H10ClNO2S. The quantitative estimate of drug-likeness (QED) is 0.794. The van der Waals surface area contributed by atoms with Gasteiger partial charge in [-0.05, 0) is 25.1 Å². The van der Waals surface area contributed by atoms with Crippen LogP contribution in [-0.4, -0.2) is 17.9 Å². The first-order valence-corrected chi connectivity index (χ1v) is 6.27. The predicted molar refractivity (Wildman–Crippen MR) is 69.1 cm³/mol. The number of carbonyl (C=O) groups excluding carboxylic acids is 1. The van der Waals surface area contributed by atoms with Crippen LogP contribution in [0.5, 0.6) is 5.75 Å². The minimum atomic E-state index is 0.570. The van der Waals surface area contributed by atoms with Gasteiger partial charge in [0.1, 0.15) is 10.8 Å².